The summed E-state index contributed by atoms with van der Waals surface area (Å²) >= 11 is 3.23. The van der Waals surface area contributed by atoms with Gasteiger partial charge in [-0.3, -0.25) is 20.4 Å². The monoisotopic (exact) mass is 383 g/mol. The average molecular weight is 384 g/mol. The Bertz CT molecular complexity index is 767. The normalized spacial score (nSPS) is 10.8. The summed E-state index contributed by atoms with van der Waals surface area (Å²) in [5.41, 5.74) is 4.31. The average Bonchev–Trinajstić information content (AvgIpc) is 2.83. The lowest BCUT2D eigenvalue weighted by Gasteiger charge is -2.06. The van der Waals surface area contributed by atoms with E-state index in [9.17, 15) is 18.4 Å². The Labute approximate surface area is 139 Å². The number of benzene rings is 1. The van der Waals surface area contributed by atoms with E-state index in [1.165, 1.54) is 6.07 Å². The molecule has 5 nitrogen and oxygen atoms in total. The molecule has 0 aliphatic heterocycles. The van der Waals surface area contributed by atoms with Crippen molar-refractivity contribution in [1.82, 2.24) is 15.4 Å². The molecule has 0 aliphatic carbocycles. The van der Waals surface area contributed by atoms with Gasteiger partial charge in [-0.05, 0) is 40.2 Å². The third kappa shape index (κ3) is 4.26. The molecule has 1 aromatic heterocycles. The smallest absolute Gasteiger partial charge is 0.286 e. The van der Waals surface area contributed by atoms with Crippen molar-refractivity contribution in [2.75, 3.05) is 0 Å². The lowest BCUT2D eigenvalue weighted by molar-refractivity contribution is -0.117. The van der Waals surface area contributed by atoms with Crippen LogP contribution >= 0.6 is 15.9 Å². The molecule has 0 saturated heterocycles. The number of aromatic nitrogens is 1. The summed E-state index contributed by atoms with van der Waals surface area (Å²) in [5.74, 6) is -2.83. The van der Waals surface area contributed by atoms with Crippen molar-refractivity contribution in [3.05, 3.63) is 63.9 Å². The summed E-state index contributed by atoms with van der Waals surface area (Å²) < 4.78 is 29.0. The summed E-state index contributed by atoms with van der Waals surface area (Å²) in [7, 11) is 1.67. The number of nitrogens with one attached hydrogen (secondary N) is 2. The number of carbonyl (C=O) groups is 2. The largest absolute Gasteiger partial charge is 0.345 e. The molecule has 0 spiro atoms. The molecule has 120 valence electrons. The second-order valence-corrected chi connectivity index (χ2v) is 5.48. The third-order valence-corrected chi connectivity index (χ3v) is 3.34. The molecule has 0 fully saturated rings. The van der Waals surface area contributed by atoms with Crippen LogP contribution in [0.4, 0.5) is 8.78 Å². The molecule has 0 radical (unpaired) electrons. The molecule has 2 amide bonds. The van der Waals surface area contributed by atoms with Gasteiger partial charge < -0.3 is 4.57 Å². The summed E-state index contributed by atoms with van der Waals surface area (Å²) in [5, 5.41) is 0. The van der Waals surface area contributed by atoms with Gasteiger partial charge in [0, 0.05) is 29.4 Å². The quantitative estimate of drug-likeness (QED) is 0.631. The summed E-state index contributed by atoms with van der Waals surface area (Å²) in [6.07, 6.45) is 3.59. The molecule has 0 saturated carbocycles. The molecule has 0 bridgehead atoms. The van der Waals surface area contributed by atoms with Crippen molar-refractivity contribution >= 4 is 33.8 Å². The van der Waals surface area contributed by atoms with E-state index < -0.39 is 23.4 Å². The van der Waals surface area contributed by atoms with Crippen LogP contribution in [-0.2, 0) is 11.8 Å². The molecule has 2 rings (SSSR count). The van der Waals surface area contributed by atoms with E-state index in [1.807, 2.05) is 0 Å². The molecule has 2 aromatic rings. The summed E-state index contributed by atoms with van der Waals surface area (Å²) in [6.45, 7) is 0. The van der Waals surface area contributed by atoms with Crippen LogP contribution in [-0.4, -0.2) is 16.4 Å². The molecule has 2 N–H and O–H groups in total. The number of nitrogens with zero attached hydrogens (tertiary/aromatic N) is 1. The van der Waals surface area contributed by atoms with Gasteiger partial charge in [-0.1, -0.05) is 6.07 Å². The van der Waals surface area contributed by atoms with Gasteiger partial charge >= 0.3 is 0 Å². The van der Waals surface area contributed by atoms with Crippen LogP contribution in [0.1, 0.15) is 16.1 Å². The number of hydrogen-bond donors (Lipinski definition) is 2. The highest BCUT2D eigenvalue weighted by Crippen LogP contribution is 2.14. The molecular formula is C15H12BrF2N3O2. The van der Waals surface area contributed by atoms with Gasteiger partial charge in [-0.25, -0.2) is 8.78 Å². The number of aryl methyl sites for hydroxylation is 1. The predicted octanol–water partition coefficient (Wildman–Crippen LogP) is 2.54. The van der Waals surface area contributed by atoms with Crippen LogP contribution in [0.15, 0.2) is 41.0 Å². The van der Waals surface area contributed by atoms with Crippen molar-refractivity contribution in [1.29, 1.82) is 0 Å². The predicted molar refractivity (Wildman–Crippen MR) is 84.1 cm³/mol. The van der Waals surface area contributed by atoms with Crippen LogP contribution < -0.4 is 10.9 Å². The van der Waals surface area contributed by atoms with Gasteiger partial charge in [0.05, 0.1) is 0 Å². The molecule has 0 unspecified atom stereocenters. The molecule has 23 heavy (non-hydrogen) atoms. The highest BCUT2D eigenvalue weighted by Gasteiger charge is 2.11. The van der Waals surface area contributed by atoms with Crippen LogP contribution in [0.2, 0.25) is 0 Å². The van der Waals surface area contributed by atoms with E-state index in [2.05, 4.69) is 26.8 Å². The van der Waals surface area contributed by atoms with Crippen LogP contribution in [0.25, 0.3) is 6.08 Å². The van der Waals surface area contributed by atoms with E-state index in [1.54, 1.807) is 23.9 Å². The van der Waals surface area contributed by atoms with Crippen LogP contribution in [0.3, 0.4) is 0 Å². The second kappa shape index (κ2) is 7.19. The Hall–Kier alpha value is -2.48. The van der Waals surface area contributed by atoms with E-state index >= 15 is 0 Å². The second-order valence-electron chi connectivity index (χ2n) is 4.57. The van der Waals surface area contributed by atoms with Crippen molar-refractivity contribution < 1.29 is 18.4 Å². The third-order valence-electron chi connectivity index (χ3n) is 2.90. The maximum absolute atomic E-state index is 13.4. The minimum absolute atomic E-state index is 0.321. The molecule has 8 heteroatoms. The van der Waals surface area contributed by atoms with Crippen molar-refractivity contribution in [3.8, 4) is 0 Å². The number of rotatable bonds is 3. The Morgan fingerprint density at radius 2 is 1.87 bits per heavy atom. The molecule has 0 atom stereocenters. The van der Waals surface area contributed by atoms with Gasteiger partial charge in [0.15, 0.2) is 0 Å². The Kier molecular flexibility index (Phi) is 5.28. The highest BCUT2D eigenvalue weighted by atomic mass is 79.9. The fraction of sp³-hybridized carbons (Fsp3) is 0.0667. The van der Waals surface area contributed by atoms with Gasteiger partial charge in [-0.15, -0.1) is 0 Å². The number of halogens is 3. The van der Waals surface area contributed by atoms with Gasteiger partial charge in [0.2, 0.25) is 0 Å². The summed E-state index contributed by atoms with van der Waals surface area (Å²) in [6, 6.07) is 4.96. The van der Waals surface area contributed by atoms with Gasteiger partial charge in [-0.2, -0.15) is 0 Å². The van der Waals surface area contributed by atoms with Crippen molar-refractivity contribution in [3.63, 3.8) is 0 Å². The maximum atomic E-state index is 13.4. The number of carbonyl (C=O) groups excluding carboxylic acids is 2. The van der Waals surface area contributed by atoms with Gasteiger partial charge in [0.1, 0.15) is 17.3 Å². The molecule has 1 aromatic carbocycles. The van der Waals surface area contributed by atoms with E-state index in [4.69, 9.17) is 0 Å². The molecule has 0 aliphatic rings. The number of hydrogen-bond acceptors (Lipinski definition) is 2. The molecular weight excluding hydrogens is 372 g/mol. The first-order valence-corrected chi connectivity index (χ1v) is 7.22. The maximum Gasteiger partial charge on any atom is 0.286 e. The summed E-state index contributed by atoms with van der Waals surface area (Å²) in [4.78, 5) is 23.4. The first-order chi connectivity index (χ1) is 10.9. The van der Waals surface area contributed by atoms with Gasteiger partial charge in [0.25, 0.3) is 11.8 Å². The minimum atomic E-state index is -0.785. The zero-order valence-electron chi connectivity index (χ0n) is 11.9. The topological polar surface area (TPSA) is 63.1 Å². The fourth-order valence-corrected chi connectivity index (χ4v) is 2.33. The zero-order valence-corrected chi connectivity index (χ0v) is 13.5. The fourth-order valence-electron chi connectivity index (χ4n) is 1.80. The minimum Gasteiger partial charge on any atom is -0.345 e. The Morgan fingerprint density at radius 1 is 1.22 bits per heavy atom. The first kappa shape index (κ1) is 16.9. The van der Waals surface area contributed by atoms with E-state index in [0.717, 1.165) is 24.3 Å². The SMILES string of the molecule is Cn1cc(Br)cc1C(=O)NNC(=O)/C=C/c1c(F)cccc1F. The van der Waals surface area contributed by atoms with E-state index in [0.29, 0.717) is 10.2 Å². The first-order valence-electron chi connectivity index (χ1n) is 6.42. The van der Waals surface area contributed by atoms with Crippen molar-refractivity contribution in [2.45, 2.75) is 0 Å². The van der Waals surface area contributed by atoms with Crippen LogP contribution in [0, 0.1) is 11.6 Å². The lowest BCUT2D eigenvalue weighted by atomic mass is 10.2. The Balaban J connectivity index is 1.96. The number of hydrazine groups is 1. The van der Waals surface area contributed by atoms with Crippen molar-refractivity contribution in [2.24, 2.45) is 7.05 Å². The standard InChI is InChI=1S/C15H12BrF2N3O2/c1-21-8-9(16)7-13(21)15(23)20-19-14(22)6-5-10-11(17)3-2-4-12(10)18/h2-8H,1H3,(H,19,22)(H,20,23)/b6-5+. The molecule has 1 heterocycles. The lowest BCUT2D eigenvalue weighted by Crippen LogP contribution is -2.41. The van der Waals surface area contributed by atoms with Crippen LogP contribution in [0.5, 0.6) is 0 Å². The highest BCUT2D eigenvalue weighted by molar-refractivity contribution is 9.10. The number of amides is 2. The zero-order chi connectivity index (χ0) is 17.0. The van der Waals surface area contributed by atoms with E-state index in [-0.39, 0.29) is 5.56 Å². The Morgan fingerprint density at radius 3 is 2.43 bits per heavy atom.